The number of benzene rings is 3. The van der Waals surface area contributed by atoms with Crippen LogP contribution in [0.15, 0.2) is 60.7 Å². The lowest BCUT2D eigenvalue weighted by molar-refractivity contribution is -0.136. The third-order valence-electron chi connectivity index (χ3n) is 6.12. The highest BCUT2D eigenvalue weighted by molar-refractivity contribution is 6.02. The largest absolute Gasteiger partial charge is 0.490 e. The van der Waals surface area contributed by atoms with Crippen molar-refractivity contribution in [2.24, 2.45) is 0 Å². The summed E-state index contributed by atoms with van der Waals surface area (Å²) in [5.74, 6) is -0.0134. The van der Waals surface area contributed by atoms with Crippen LogP contribution in [0.5, 0.6) is 5.75 Å². The molecule has 5 rings (SSSR count). The molecular weight excluding hydrogens is 374 g/mol. The van der Waals surface area contributed by atoms with Crippen molar-refractivity contribution in [3.63, 3.8) is 0 Å². The van der Waals surface area contributed by atoms with Gasteiger partial charge in [-0.25, -0.2) is 0 Å². The third-order valence-corrected chi connectivity index (χ3v) is 6.12. The Hall–Kier alpha value is -3.27. The molecule has 1 saturated carbocycles. The van der Waals surface area contributed by atoms with E-state index in [1.165, 1.54) is 19.3 Å². The summed E-state index contributed by atoms with van der Waals surface area (Å²) in [4.78, 5) is 15.2. The highest BCUT2D eigenvalue weighted by atomic mass is 16.5. The number of hydrogen-bond donors (Lipinski definition) is 2. The minimum absolute atomic E-state index is 0.0363. The van der Waals surface area contributed by atoms with Crippen molar-refractivity contribution in [1.29, 1.82) is 0 Å². The van der Waals surface area contributed by atoms with Crippen LogP contribution < -0.4 is 4.74 Å². The van der Waals surface area contributed by atoms with Gasteiger partial charge in [-0.05, 0) is 60.2 Å². The molecule has 1 aliphatic carbocycles. The van der Waals surface area contributed by atoms with Crippen LogP contribution in [0.25, 0.3) is 32.9 Å². The predicted octanol–water partition coefficient (Wildman–Crippen LogP) is 6.33. The maximum atomic E-state index is 11.7. The zero-order valence-electron chi connectivity index (χ0n) is 16.9. The highest BCUT2D eigenvalue weighted by Gasteiger charge is 2.19. The first-order valence-corrected chi connectivity index (χ1v) is 10.7. The number of carboxylic acid groups (broad SMARTS) is 1. The SMILES string of the molecule is O=C(O)Cc1c(-c2cccc3ccccc23)[nH]c2ccc(OC3CCCCC3)cc12. The second-order valence-corrected chi connectivity index (χ2v) is 8.16. The number of carboxylic acids is 1. The van der Waals surface area contributed by atoms with Crippen LogP contribution in [-0.2, 0) is 11.2 Å². The maximum Gasteiger partial charge on any atom is 0.307 e. The van der Waals surface area contributed by atoms with Gasteiger partial charge in [0.1, 0.15) is 5.75 Å². The molecule has 3 aromatic carbocycles. The number of rotatable bonds is 5. The minimum Gasteiger partial charge on any atom is -0.490 e. The van der Waals surface area contributed by atoms with Gasteiger partial charge in [-0.1, -0.05) is 48.9 Å². The van der Waals surface area contributed by atoms with Crippen LogP contribution in [0.1, 0.15) is 37.7 Å². The van der Waals surface area contributed by atoms with Gasteiger partial charge in [0.05, 0.1) is 18.2 Å². The third kappa shape index (κ3) is 3.54. The summed E-state index contributed by atoms with van der Waals surface area (Å²) in [5, 5.41) is 12.8. The van der Waals surface area contributed by atoms with Crippen molar-refractivity contribution in [3.05, 3.63) is 66.2 Å². The van der Waals surface area contributed by atoms with Crippen molar-refractivity contribution in [3.8, 4) is 17.0 Å². The fourth-order valence-electron chi connectivity index (χ4n) is 4.68. The van der Waals surface area contributed by atoms with Gasteiger partial charge in [0, 0.05) is 16.5 Å². The number of nitrogens with one attached hydrogen (secondary N) is 1. The van der Waals surface area contributed by atoms with Crippen LogP contribution in [0.3, 0.4) is 0 Å². The molecule has 2 N–H and O–H groups in total. The number of aliphatic carboxylic acids is 1. The van der Waals surface area contributed by atoms with Gasteiger partial charge >= 0.3 is 5.97 Å². The molecule has 0 radical (unpaired) electrons. The standard InChI is InChI=1S/C26H25NO3/c28-25(29)16-23-22-15-19(30-18-9-2-1-3-10-18)13-14-24(22)27-26(23)21-12-6-8-17-7-4-5-11-20(17)21/h4-8,11-15,18,27H,1-3,9-10,16H2,(H,28,29). The van der Waals surface area contributed by atoms with Gasteiger partial charge in [-0.3, -0.25) is 4.79 Å². The number of hydrogen-bond acceptors (Lipinski definition) is 2. The molecule has 152 valence electrons. The van der Waals surface area contributed by atoms with Crippen LogP contribution in [0.2, 0.25) is 0 Å². The van der Waals surface area contributed by atoms with Crippen molar-refractivity contribution in [2.75, 3.05) is 0 Å². The Morgan fingerprint density at radius 1 is 0.967 bits per heavy atom. The van der Waals surface area contributed by atoms with E-state index in [0.29, 0.717) is 0 Å². The number of ether oxygens (including phenoxy) is 1. The van der Waals surface area contributed by atoms with Crippen molar-refractivity contribution < 1.29 is 14.6 Å². The van der Waals surface area contributed by atoms with E-state index < -0.39 is 5.97 Å². The lowest BCUT2D eigenvalue weighted by atomic mass is 9.97. The molecule has 1 fully saturated rings. The lowest BCUT2D eigenvalue weighted by Crippen LogP contribution is -2.19. The van der Waals surface area contributed by atoms with Gasteiger partial charge < -0.3 is 14.8 Å². The molecular formula is C26H25NO3. The van der Waals surface area contributed by atoms with Gasteiger partial charge in [0.25, 0.3) is 0 Å². The number of aromatic nitrogens is 1. The van der Waals surface area contributed by atoms with Crippen LogP contribution in [-0.4, -0.2) is 22.2 Å². The van der Waals surface area contributed by atoms with E-state index in [4.69, 9.17) is 4.74 Å². The van der Waals surface area contributed by atoms with Gasteiger partial charge in [-0.2, -0.15) is 0 Å². The molecule has 4 heteroatoms. The average molecular weight is 399 g/mol. The van der Waals surface area contributed by atoms with E-state index in [0.717, 1.165) is 57.1 Å². The molecule has 30 heavy (non-hydrogen) atoms. The van der Waals surface area contributed by atoms with Crippen LogP contribution >= 0.6 is 0 Å². The normalized spacial score (nSPS) is 14.9. The molecule has 4 nitrogen and oxygen atoms in total. The van der Waals surface area contributed by atoms with Gasteiger partial charge in [-0.15, -0.1) is 0 Å². The Kier molecular flexibility index (Phi) is 4.91. The lowest BCUT2D eigenvalue weighted by Gasteiger charge is -2.23. The highest BCUT2D eigenvalue weighted by Crippen LogP contribution is 2.37. The number of carbonyl (C=O) groups is 1. The molecule has 0 spiro atoms. The summed E-state index contributed by atoms with van der Waals surface area (Å²) in [7, 11) is 0. The zero-order chi connectivity index (χ0) is 20.5. The molecule has 0 saturated heterocycles. The Morgan fingerprint density at radius 2 is 1.77 bits per heavy atom. The summed E-state index contributed by atoms with van der Waals surface area (Å²) in [6, 6.07) is 20.3. The number of aromatic amines is 1. The van der Waals surface area contributed by atoms with E-state index in [1.54, 1.807) is 0 Å². The van der Waals surface area contributed by atoms with E-state index in [9.17, 15) is 9.90 Å². The molecule has 0 aliphatic heterocycles. The van der Waals surface area contributed by atoms with E-state index >= 15 is 0 Å². The molecule has 0 unspecified atom stereocenters. The average Bonchev–Trinajstić information content (AvgIpc) is 3.11. The second kappa shape index (κ2) is 7.86. The zero-order valence-corrected chi connectivity index (χ0v) is 16.9. The van der Waals surface area contributed by atoms with E-state index in [1.807, 2.05) is 36.4 Å². The molecule has 0 amide bonds. The molecule has 1 aliphatic rings. The first-order valence-electron chi connectivity index (χ1n) is 10.7. The molecule has 0 atom stereocenters. The van der Waals surface area contributed by atoms with Crippen molar-refractivity contribution >= 4 is 27.6 Å². The summed E-state index contributed by atoms with van der Waals surface area (Å²) in [6.45, 7) is 0. The first kappa shape index (κ1) is 18.7. The van der Waals surface area contributed by atoms with E-state index in [-0.39, 0.29) is 12.5 Å². The Balaban J connectivity index is 1.63. The second-order valence-electron chi connectivity index (χ2n) is 8.16. The van der Waals surface area contributed by atoms with Crippen LogP contribution in [0, 0.1) is 0 Å². The van der Waals surface area contributed by atoms with Crippen molar-refractivity contribution in [2.45, 2.75) is 44.6 Å². The number of fused-ring (bicyclic) bond motifs is 2. The topological polar surface area (TPSA) is 62.3 Å². The maximum absolute atomic E-state index is 11.7. The first-order chi connectivity index (χ1) is 14.7. The van der Waals surface area contributed by atoms with Gasteiger partial charge in [0.15, 0.2) is 0 Å². The number of H-pyrrole nitrogens is 1. The van der Waals surface area contributed by atoms with Gasteiger partial charge in [0.2, 0.25) is 0 Å². The molecule has 4 aromatic rings. The van der Waals surface area contributed by atoms with Crippen molar-refractivity contribution in [1.82, 2.24) is 4.98 Å². The monoisotopic (exact) mass is 399 g/mol. The smallest absolute Gasteiger partial charge is 0.307 e. The fourth-order valence-corrected chi connectivity index (χ4v) is 4.68. The quantitative estimate of drug-likeness (QED) is 0.412. The minimum atomic E-state index is -0.837. The summed E-state index contributed by atoms with van der Waals surface area (Å²) >= 11 is 0. The molecule has 1 aromatic heterocycles. The molecule has 1 heterocycles. The predicted molar refractivity (Wildman–Crippen MR) is 120 cm³/mol. The summed E-state index contributed by atoms with van der Waals surface area (Å²) < 4.78 is 6.25. The summed E-state index contributed by atoms with van der Waals surface area (Å²) in [6.07, 6.45) is 6.12. The molecule has 0 bridgehead atoms. The summed E-state index contributed by atoms with van der Waals surface area (Å²) in [5.41, 5.74) is 3.64. The Morgan fingerprint density at radius 3 is 2.60 bits per heavy atom. The Labute approximate surface area is 175 Å². The Bertz CT molecular complexity index is 1210. The van der Waals surface area contributed by atoms with E-state index in [2.05, 4.69) is 29.2 Å². The van der Waals surface area contributed by atoms with Crippen LogP contribution in [0.4, 0.5) is 0 Å². The fraction of sp³-hybridized carbons (Fsp3) is 0.269.